The van der Waals surface area contributed by atoms with E-state index in [1.54, 1.807) is 11.8 Å². The lowest BCUT2D eigenvalue weighted by Gasteiger charge is -2.12. The van der Waals surface area contributed by atoms with Crippen LogP contribution in [0.3, 0.4) is 0 Å². The lowest BCUT2D eigenvalue weighted by atomic mass is 10.1. The maximum atomic E-state index is 12.8. The predicted octanol–water partition coefficient (Wildman–Crippen LogP) is 5.79. The Bertz CT molecular complexity index is 845. The third-order valence-electron chi connectivity index (χ3n) is 4.02. The third kappa shape index (κ3) is 4.52. The molecule has 0 aromatic heterocycles. The Morgan fingerprint density at radius 1 is 0.880 bits per heavy atom. The number of hydrogen-bond acceptors (Lipinski definition) is 2. The van der Waals surface area contributed by atoms with Crippen LogP contribution in [0.15, 0.2) is 83.8 Å². The maximum absolute atomic E-state index is 12.8. The molecule has 0 atom stereocenters. The predicted molar refractivity (Wildman–Crippen MR) is 106 cm³/mol. The Labute approximate surface area is 153 Å². The molecule has 2 nitrogen and oxygen atoms in total. The molecule has 0 saturated heterocycles. The second kappa shape index (κ2) is 8.54. The van der Waals surface area contributed by atoms with Gasteiger partial charge in [-0.2, -0.15) is 0 Å². The molecular weight excluding hydrogens is 326 g/mol. The van der Waals surface area contributed by atoms with Crippen LogP contribution in [0.5, 0.6) is 0 Å². The summed E-state index contributed by atoms with van der Waals surface area (Å²) in [4.78, 5) is 13.8. The monoisotopic (exact) mass is 347 g/mol. The molecule has 1 N–H and O–H groups in total. The van der Waals surface area contributed by atoms with E-state index >= 15 is 0 Å². The number of thioether (sulfide) groups is 1. The molecule has 0 saturated carbocycles. The van der Waals surface area contributed by atoms with Gasteiger partial charge in [0.25, 0.3) is 5.91 Å². The molecular formula is C22H21NOS. The number of anilines is 1. The van der Waals surface area contributed by atoms with E-state index in [9.17, 15) is 4.79 Å². The molecule has 0 bridgehead atoms. The average Bonchev–Trinajstić information content (AvgIpc) is 2.68. The molecule has 0 radical (unpaired) electrons. The number of amides is 1. The summed E-state index contributed by atoms with van der Waals surface area (Å²) in [5, 5.41) is 3.06. The summed E-state index contributed by atoms with van der Waals surface area (Å²) >= 11 is 1.69. The fraction of sp³-hybridized carbons (Fsp3) is 0.136. The summed E-state index contributed by atoms with van der Waals surface area (Å²) in [6, 6.07) is 26.0. The van der Waals surface area contributed by atoms with E-state index in [0.29, 0.717) is 5.56 Å². The van der Waals surface area contributed by atoms with Crippen molar-refractivity contribution in [3.05, 3.63) is 95.6 Å². The summed E-state index contributed by atoms with van der Waals surface area (Å²) in [7, 11) is 0. The van der Waals surface area contributed by atoms with E-state index in [1.165, 1.54) is 5.56 Å². The molecule has 3 heteroatoms. The topological polar surface area (TPSA) is 29.1 Å². The van der Waals surface area contributed by atoms with Crippen LogP contribution in [0.2, 0.25) is 0 Å². The summed E-state index contributed by atoms with van der Waals surface area (Å²) in [5.41, 5.74) is 4.00. The van der Waals surface area contributed by atoms with Gasteiger partial charge in [-0.1, -0.05) is 67.6 Å². The van der Waals surface area contributed by atoms with E-state index in [-0.39, 0.29) is 5.91 Å². The van der Waals surface area contributed by atoms with E-state index in [0.717, 1.165) is 28.3 Å². The lowest BCUT2D eigenvalue weighted by Crippen LogP contribution is -2.14. The Morgan fingerprint density at radius 3 is 2.36 bits per heavy atom. The van der Waals surface area contributed by atoms with Gasteiger partial charge in [-0.15, -0.1) is 11.8 Å². The number of carbonyl (C=O) groups excluding carboxylic acids is 1. The van der Waals surface area contributed by atoms with Gasteiger partial charge in [0.05, 0.1) is 5.56 Å². The van der Waals surface area contributed by atoms with E-state index < -0.39 is 0 Å². The van der Waals surface area contributed by atoms with Gasteiger partial charge < -0.3 is 5.32 Å². The molecule has 0 fully saturated rings. The molecule has 3 aromatic carbocycles. The normalized spacial score (nSPS) is 10.4. The highest BCUT2D eigenvalue weighted by atomic mass is 32.2. The van der Waals surface area contributed by atoms with Gasteiger partial charge >= 0.3 is 0 Å². The standard InChI is InChI=1S/C22H21NOS/c1-2-18-12-6-8-14-20(18)23-22(24)19-13-7-9-15-21(19)25-16-17-10-4-3-5-11-17/h3-15H,2,16H2,1H3,(H,23,24). The number of benzene rings is 3. The summed E-state index contributed by atoms with van der Waals surface area (Å²) in [6.07, 6.45) is 0.890. The van der Waals surface area contributed by atoms with E-state index in [2.05, 4.69) is 24.4 Å². The highest BCUT2D eigenvalue weighted by Crippen LogP contribution is 2.27. The van der Waals surface area contributed by atoms with Crippen molar-refractivity contribution in [1.29, 1.82) is 0 Å². The van der Waals surface area contributed by atoms with Gasteiger partial charge in [-0.3, -0.25) is 4.79 Å². The molecule has 0 heterocycles. The Balaban J connectivity index is 1.76. The molecule has 1 amide bonds. The van der Waals surface area contributed by atoms with Crippen LogP contribution in [0, 0.1) is 0 Å². The third-order valence-corrected chi connectivity index (χ3v) is 5.16. The second-order valence-electron chi connectivity index (χ2n) is 5.74. The Kier molecular flexibility index (Phi) is 5.91. The van der Waals surface area contributed by atoms with Crippen LogP contribution < -0.4 is 5.32 Å². The first-order valence-electron chi connectivity index (χ1n) is 8.43. The van der Waals surface area contributed by atoms with Crippen LogP contribution >= 0.6 is 11.8 Å². The number of nitrogens with one attached hydrogen (secondary N) is 1. The Hall–Kier alpha value is -2.52. The van der Waals surface area contributed by atoms with Crippen molar-refractivity contribution in [2.45, 2.75) is 24.0 Å². The molecule has 3 aromatic rings. The number of carbonyl (C=O) groups is 1. The molecule has 3 rings (SSSR count). The van der Waals surface area contributed by atoms with Gasteiger partial charge in [0, 0.05) is 16.3 Å². The van der Waals surface area contributed by atoms with Crippen molar-refractivity contribution >= 4 is 23.4 Å². The molecule has 0 spiro atoms. The molecule has 25 heavy (non-hydrogen) atoms. The number of aryl methyl sites for hydroxylation is 1. The molecule has 0 aliphatic carbocycles. The minimum atomic E-state index is -0.0583. The zero-order chi connectivity index (χ0) is 17.5. The molecule has 0 unspecified atom stereocenters. The van der Waals surface area contributed by atoms with Gasteiger partial charge in [0.1, 0.15) is 0 Å². The minimum Gasteiger partial charge on any atom is -0.322 e. The second-order valence-corrected chi connectivity index (χ2v) is 6.75. The first-order valence-corrected chi connectivity index (χ1v) is 9.41. The van der Waals surface area contributed by atoms with E-state index in [1.807, 2.05) is 66.7 Å². The molecule has 126 valence electrons. The minimum absolute atomic E-state index is 0.0583. The lowest BCUT2D eigenvalue weighted by molar-refractivity contribution is 0.102. The van der Waals surface area contributed by atoms with Crippen LogP contribution in [-0.4, -0.2) is 5.91 Å². The highest BCUT2D eigenvalue weighted by Gasteiger charge is 2.13. The largest absolute Gasteiger partial charge is 0.322 e. The molecule has 0 aliphatic rings. The fourth-order valence-corrected chi connectivity index (χ4v) is 3.66. The van der Waals surface area contributed by atoms with Crippen molar-refractivity contribution in [3.8, 4) is 0 Å². The van der Waals surface area contributed by atoms with Crippen molar-refractivity contribution in [2.75, 3.05) is 5.32 Å². The number of para-hydroxylation sites is 1. The fourth-order valence-electron chi connectivity index (χ4n) is 2.66. The SMILES string of the molecule is CCc1ccccc1NC(=O)c1ccccc1SCc1ccccc1. The number of rotatable bonds is 6. The summed E-state index contributed by atoms with van der Waals surface area (Å²) in [6.45, 7) is 2.09. The van der Waals surface area contributed by atoms with Gasteiger partial charge in [0.2, 0.25) is 0 Å². The quantitative estimate of drug-likeness (QED) is 0.572. The zero-order valence-corrected chi connectivity index (χ0v) is 15.1. The summed E-state index contributed by atoms with van der Waals surface area (Å²) < 4.78 is 0. The van der Waals surface area contributed by atoms with Crippen LogP contribution in [0.25, 0.3) is 0 Å². The number of hydrogen-bond donors (Lipinski definition) is 1. The first kappa shape index (κ1) is 17.3. The molecule has 0 aliphatic heterocycles. The van der Waals surface area contributed by atoms with Gasteiger partial charge in [0.15, 0.2) is 0 Å². The first-order chi connectivity index (χ1) is 12.3. The van der Waals surface area contributed by atoms with E-state index in [4.69, 9.17) is 0 Å². The van der Waals surface area contributed by atoms with Crippen molar-refractivity contribution in [2.24, 2.45) is 0 Å². The Morgan fingerprint density at radius 2 is 1.56 bits per heavy atom. The highest BCUT2D eigenvalue weighted by molar-refractivity contribution is 7.98. The van der Waals surface area contributed by atoms with Crippen molar-refractivity contribution in [1.82, 2.24) is 0 Å². The maximum Gasteiger partial charge on any atom is 0.256 e. The van der Waals surface area contributed by atoms with Crippen LogP contribution in [0.1, 0.15) is 28.4 Å². The zero-order valence-electron chi connectivity index (χ0n) is 14.2. The van der Waals surface area contributed by atoms with Gasteiger partial charge in [-0.05, 0) is 35.7 Å². The van der Waals surface area contributed by atoms with Crippen LogP contribution in [-0.2, 0) is 12.2 Å². The van der Waals surface area contributed by atoms with Crippen LogP contribution in [0.4, 0.5) is 5.69 Å². The van der Waals surface area contributed by atoms with Gasteiger partial charge in [-0.25, -0.2) is 0 Å². The smallest absolute Gasteiger partial charge is 0.256 e. The van der Waals surface area contributed by atoms with Crippen molar-refractivity contribution in [3.63, 3.8) is 0 Å². The van der Waals surface area contributed by atoms with Crippen molar-refractivity contribution < 1.29 is 4.79 Å². The average molecular weight is 347 g/mol. The summed E-state index contributed by atoms with van der Waals surface area (Å²) in [5.74, 6) is 0.786.